The van der Waals surface area contributed by atoms with Crippen LogP contribution in [0.1, 0.15) is 20.8 Å². The van der Waals surface area contributed by atoms with E-state index < -0.39 is 24.2 Å². The summed E-state index contributed by atoms with van der Waals surface area (Å²) in [6.45, 7) is 6.01. The van der Waals surface area contributed by atoms with Gasteiger partial charge in [0.2, 0.25) is 0 Å². The second kappa shape index (κ2) is 6.01. The third kappa shape index (κ3) is 4.08. The maximum Gasteiger partial charge on any atom is 0.488 e. The van der Waals surface area contributed by atoms with Gasteiger partial charge in [-0.15, -0.1) is 0 Å². The standard InChI is InChI=1S/C8H17O9P3/c1-5-6(2)8(14-7(5)3)4-13-18-15-19(9,10)17-20(11,12)16-18/h5-8H,4H2,1-3H3,(H,9,10)(H,11,12). The minimum Gasteiger partial charge on any atom is -0.372 e. The summed E-state index contributed by atoms with van der Waals surface area (Å²) in [5.74, 6) is 0.545. The van der Waals surface area contributed by atoms with Crippen molar-refractivity contribution in [1.29, 1.82) is 0 Å². The number of hydrogen-bond donors (Lipinski definition) is 2. The fourth-order valence-electron chi connectivity index (χ4n) is 2.01. The fraction of sp³-hybridized carbons (Fsp3) is 1.00. The van der Waals surface area contributed by atoms with Crippen molar-refractivity contribution in [2.24, 2.45) is 11.8 Å². The molecule has 0 aromatic rings. The van der Waals surface area contributed by atoms with Crippen molar-refractivity contribution >= 4 is 24.2 Å². The molecule has 6 atom stereocenters. The molecule has 0 spiro atoms. The Morgan fingerprint density at radius 1 is 1.10 bits per heavy atom. The molecule has 20 heavy (non-hydrogen) atoms. The molecule has 0 bridgehead atoms. The molecule has 0 amide bonds. The second-order valence-corrected chi connectivity index (χ2v) is 9.34. The minimum atomic E-state index is -4.64. The van der Waals surface area contributed by atoms with Crippen LogP contribution in [-0.2, 0) is 31.3 Å². The first-order chi connectivity index (χ1) is 9.10. The lowest BCUT2D eigenvalue weighted by Gasteiger charge is -2.27. The molecule has 0 aliphatic carbocycles. The summed E-state index contributed by atoms with van der Waals surface area (Å²) in [4.78, 5) is 18.2. The quantitative estimate of drug-likeness (QED) is 0.740. The Labute approximate surface area is 117 Å². The van der Waals surface area contributed by atoms with E-state index in [0.717, 1.165) is 0 Å². The molecule has 12 heteroatoms. The highest BCUT2D eigenvalue weighted by Crippen LogP contribution is 2.76. The highest BCUT2D eigenvalue weighted by Gasteiger charge is 2.48. The van der Waals surface area contributed by atoms with Gasteiger partial charge in [-0.1, -0.05) is 13.8 Å². The summed E-state index contributed by atoms with van der Waals surface area (Å²) in [5, 5.41) is 0. The lowest BCUT2D eigenvalue weighted by molar-refractivity contribution is 0.00932. The number of rotatable bonds is 3. The Morgan fingerprint density at radius 3 is 2.10 bits per heavy atom. The van der Waals surface area contributed by atoms with Crippen molar-refractivity contribution in [2.75, 3.05) is 6.61 Å². The molecular weight excluding hydrogens is 333 g/mol. The SMILES string of the molecule is CC1OC(COP2OP(=O)(O)OP(=O)(O)O2)C(C)C1C. The van der Waals surface area contributed by atoms with Crippen LogP contribution in [0.15, 0.2) is 0 Å². The average Bonchev–Trinajstić information content (AvgIpc) is 2.50. The summed E-state index contributed by atoms with van der Waals surface area (Å²) in [7, 11) is -11.7. The van der Waals surface area contributed by atoms with Crippen molar-refractivity contribution in [3.05, 3.63) is 0 Å². The molecule has 0 aromatic heterocycles. The zero-order chi connectivity index (χ0) is 15.1. The maximum atomic E-state index is 11.2. The molecule has 2 aliphatic rings. The van der Waals surface area contributed by atoms with Gasteiger partial charge in [0.1, 0.15) is 0 Å². The maximum absolute atomic E-state index is 11.2. The summed E-state index contributed by atoms with van der Waals surface area (Å²) in [6.07, 6.45) is -0.176. The highest BCUT2D eigenvalue weighted by molar-refractivity contribution is 7.72. The summed E-state index contributed by atoms with van der Waals surface area (Å²) < 4.78 is 46.1. The van der Waals surface area contributed by atoms with Gasteiger partial charge in [0, 0.05) is 0 Å². The second-order valence-electron chi connectivity index (χ2n) is 4.80. The van der Waals surface area contributed by atoms with Crippen molar-refractivity contribution in [3.63, 3.8) is 0 Å². The van der Waals surface area contributed by atoms with Crippen LogP contribution in [0.3, 0.4) is 0 Å². The van der Waals surface area contributed by atoms with Crippen LogP contribution in [0.2, 0.25) is 0 Å². The first kappa shape index (κ1) is 17.0. The molecule has 9 nitrogen and oxygen atoms in total. The first-order valence-corrected chi connectivity index (χ1v) is 10.0. The Hall–Kier alpha value is 0.610. The molecule has 2 fully saturated rings. The molecule has 0 aromatic carbocycles. The Kier molecular flexibility index (Phi) is 5.10. The molecule has 2 N–H and O–H groups in total. The average molecular weight is 350 g/mol. The zero-order valence-electron chi connectivity index (χ0n) is 11.1. The van der Waals surface area contributed by atoms with Gasteiger partial charge in [-0.05, 0) is 18.8 Å². The predicted octanol–water partition coefficient (Wildman–Crippen LogP) is 2.55. The third-order valence-corrected chi connectivity index (χ3v) is 8.16. The minimum absolute atomic E-state index is 0.0293. The molecule has 2 rings (SSSR count). The molecular formula is C8H17O9P3. The van der Waals surface area contributed by atoms with E-state index in [1.165, 1.54) is 0 Å². The van der Waals surface area contributed by atoms with Crippen molar-refractivity contribution in [1.82, 2.24) is 0 Å². The fourth-order valence-corrected chi connectivity index (χ4v) is 6.21. The van der Waals surface area contributed by atoms with Crippen LogP contribution in [0, 0.1) is 11.8 Å². The molecule has 2 aliphatic heterocycles. The lowest BCUT2D eigenvalue weighted by Crippen LogP contribution is -2.21. The van der Waals surface area contributed by atoms with E-state index in [-0.39, 0.29) is 24.7 Å². The molecule has 0 saturated carbocycles. The van der Waals surface area contributed by atoms with E-state index in [0.29, 0.717) is 5.92 Å². The normalized spacial score (nSPS) is 53.1. The van der Waals surface area contributed by atoms with E-state index in [1.807, 2.05) is 20.8 Å². The van der Waals surface area contributed by atoms with Gasteiger partial charge < -0.3 is 19.0 Å². The van der Waals surface area contributed by atoms with E-state index in [9.17, 15) is 9.13 Å². The Balaban J connectivity index is 1.91. The largest absolute Gasteiger partial charge is 0.488 e. The van der Waals surface area contributed by atoms with Crippen molar-refractivity contribution in [3.8, 4) is 0 Å². The first-order valence-electron chi connectivity index (χ1n) is 5.94. The van der Waals surface area contributed by atoms with E-state index >= 15 is 0 Å². The van der Waals surface area contributed by atoms with Gasteiger partial charge in [-0.2, -0.15) is 4.31 Å². The highest BCUT2D eigenvalue weighted by atomic mass is 31.3. The monoisotopic (exact) mass is 350 g/mol. The predicted molar refractivity (Wildman–Crippen MR) is 68.4 cm³/mol. The van der Waals surface area contributed by atoms with Gasteiger partial charge in [0.15, 0.2) is 0 Å². The van der Waals surface area contributed by atoms with Crippen LogP contribution in [0.25, 0.3) is 0 Å². The molecule has 118 valence electrons. The van der Waals surface area contributed by atoms with Crippen molar-refractivity contribution in [2.45, 2.75) is 33.0 Å². The topological polar surface area (TPSA) is 121 Å². The smallest absolute Gasteiger partial charge is 0.372 e. The van der Waals surface area contributed by atoms with E-state index in [1.54, 1.807) is 0 Å². The van der Waals surface area contributed by atoms with Crippen LogP contribution >= 0.6 is 24.2 Å². The van der Waals surface area contributed by atoms with Crippen LogP contribution in [0.5, 0.6) is 0 Å². The van der Waals surface area contributed by atoms with Gasteiger partial charge in [0.05, 0.1) is 18.8 Å². The third-order valence-electron chi connectivity index (χ3n) is 3.44. The Bertz CT molecular complexity index is 432. The van der Waals surface area contributed by atoms with Gasteiger partial charge >= 0.3 is 24.2 Å². The number of ether oxygens (including phenoxy) is 1. The zero-order valence-corrected chi connectivity index (χ0v) is 13.8. The van der Waals surface area contributed by atoms with Crippen molar-refractivity contribution < 1.29 is 41.1 Å². The molecule has 0 radical (unpaired) electrons. The van der Waals surface area contributed by atoms with E-state index in [4.69, 9.17) is 19.0 Å². The molecule has 6 unspecified atom stereocenters. The van der Waals surface area contributed by atoms with Gasteiger partial charge in [0.25, 0.3) is 0 Å². The molecule has 2 saturated heterocycles. The number of hydrogen-bond acceptors (Lipinski definition) is 7. The number of phosphoric acid groups is 2. The van der Waals surface area contributed by atoms with Crippen LogP contribution < -0.4 is 0 Å². The summed E-state index contributed by atoms with van der Waals surface area (Å²) in [5.41, 5.74) is 0. The summed E-state index contributed by atoms with van der Waals surface area (Å²) in [6, 6.07) is 0. The van der Waals surface area contributed by atoms with Gasteiger partial charge in [-0.25, -0.2) is 17.8 Å². The Morgan fingerprint density at radius 2 is 1.65 bits per heavy atom. The molecule has 2 heterocycles. The van der Waals surface area contributed by atoms with Crippen LogP contribution in [-0.4, -0.2) is 28.6 Å². The lowest BCUT2D eigenvalue weighted by atomic mass is 9.91. The summed E-state index contributed by atoms with van der Waals surface area (Å²) >= 11 is 0. The van der Waals surface area contributed by atoms with Gasteiger partial charge in [-0.3, -0.25) is 0 Å². The van der Waals surface area contributed by atoms with E-state index in [2.05, 4.69) is 12.9 Å². The van der Waals surface area contributed by atoms with Crippen LogP contribution in [0.4, 0.5) is 0 Å².